The summed E-state index contributed by atoms with van der Waals surface area (Å²) in [6.45, 7) is 4.24. The maximum Gasteiger partial charge on any atom is 0.223 e. The molecule has 2 unspecified atom stereocenters. The van der Waals surface area contributed by atoms with Crippen LogP contribution in [0.5, 0.6) is 0 Å². The number of hydrogen-bond donors (Lipinski definition) is 2. The Balaban J connectivity index is 1.45. The van der Waals surface area contributed by atoms with E-state index in [-0.39, 0.29) is 0 Å². The molecule has 106 valence electrons. The van der Waals surface area contributed by atoms with E-state index in [1.165, 1.54) is 32.1 Å². The van der Waals surface area contributed by atoms with Gasteiger partial charge in [0.05, 0.1) is 0 Å². The first-order valence-electron chi connectivity index (χ1n) is 8.21. The van der Waals surface area contributed by atoms with Gasteiger partial charge in [-0.25, -0.2) is 0 Å². The lowest BCUT2D eigenvalue weighted by atomic mass is 9.51. The van der Waals surface area contributed by atoms with Crippen molar-refractivity contribution in [1.29, 1.82) is 0 Å². The van der Waals surface area contributed by atoms with Gasteiger partial charge in [0, 0.05) is 18.5 Å². The summed E-state index contributed by atoms with van der Waals surface area (Å²) < 4.78 is 0. The minimum Gasteiger partial charge on any atom is -0.352 e. The molecule has 4 aliphatic carbocycles. The molecule has 3 nitrogen and oxygen atoms in total. The van der Waals surface area contributed by atoms with E-state index in [1.54, 1.807) is 0 Å². The second-order valence-electron chi connectivity index (χ2n) is 7.71. The zero-order chi connectivity index (χ0) is 13.0. The van der Waals surface area contributed by atoms with Crippen LogP contribution in [0.15, 0.2) is 0 Å². The summed E-state index contributed by atoms with van der Waals surface area (Å²) in [5.41, 5.74) is 0. The van der Waals surface area contributed by atoms with Gasteiger partial charge in [-0.05, 0) is 68.2 Å². The van der Waals surface area contributed by atoms with Gasteiger partial charge in [0.1, 0.15) is 0 Å². The summed E-state index contributed by atoms with van der Waals surface area (Å²) in [5.74, 6) is 4.65. The van der Waals surface area contributed by atoms with Crippen molar-refractivity contribution in [3.05, 3.63) is 0 Å². The van der Waals surface area contributed by atoms with Crippen LogP contribution in [-0.2, 0) is 4.79 Å². The molecule has 1 aliphatic heterocycles. The topological polar surface area (TPSA) is 41.1 Å². The van der Waals surface area contributed by atoms with Gasteiger partial charge in [-0.1, -0.05) is 6.92 Å². The molecule has 0 aromatic rings. The minimum atomic E-state index is 0.348. The van der Waals surface area contributed by atoms with E-state index >= 15 is 0 Å². The predicted octanol–water partition coefficient (Wildman–Crippen LogP) is 1.78. The summed E-state index contributed by atoms with van der Waals surface area (Å²) in [6, 6.07) is 0.365. The van der Waals surface area contributed by atoms with E-state index in [1.807, 2.05) is 0 Å². The SMILES string of the molecule is CC1CNCC1NC(=O)C1C2CC3CC(C2)CC1C3. The average molecular weight is 262 g/mol. The fraction of sp³-hybridized carbons (Fsp3) is 0.938. The Morgan fingerprint density at radius 3 is 2.16 bits per heavy atom. The molecule has 4 saturated carbocycles. The smallest absolute Gasteiger partial charge is 0.223 e. The monoisotopic (exact) mass is 262 g/mol. The third-order valence-electron chi connectivity index (χ3n) is 6.37. The van der Waals surface area contributed by atoms with E-state index in [4.69, 9.17) is 0 Å². The van der Waals surface area contributed by atoms with Crippen molar-refractivity contribution in [3.8, 4) is 0 Å². The highest BCUT2D eigenvalue weighted by Crippen LogP contribution is 2.56. The summed E-state index contributed by atoms with van der Waals surface area (Å²) in [4.78, 5) is 12.7. The molecule has 1 amide bonds. The van der Waals surface area contributed by atoms with Gasteiger partial charge in [0.15, 0.2) is 0 Å². The standard InChI is InChI=1S/C16H26N2O/c1-9-7-17-8-14(9)18-16(19)15-12-3-10-2-11(5-12)6-13(15)4-10/h9-15,17H,2-8H2,1H3,(H,18,19). The molecule has 4 bridgehead atoms. The van der Waals surface area contributed by atoms with Gasteiger partial charge in [0.2, 0.25) is 5.91 Å². The Kier molecular flexibility index (Phi) is 2.87. The zero-order valence-corrected chi connectivity index (χ0v) is 11.9. The lowest BCUT2D eigenvalue weighted by molar-refractivity contribution is -0.139. The number of rotatable bonds is 2. The van der Waals surface area contributed by atoms with Crippen molar-refractivity contribution >= 4 is 5.91 Å². The largest absolute Gasteiger partial charge is 0.352 e. The van der Waals surface area contributed by atoms with Crippen molar-refractivity contribution in [3.63, 3.8) is 0 Å². The second kappa shape index (κ2) is 4.47. The summed E-state index contributed by atoms with van der Waals surface area (Å²) in [6.07, 6.45) is 6.81. The van der Waals surface area contributed by atoms with Gasteiger partial charge in [0.25, 0.3) is 0 Å². The Labute approximate surface area is 115 Å². The molecule has 2 N–H and O–H groups in total. The summed E-state index contributed by atoms with van der Waals surface area (Å²) in [7, 11) is 0. The number of carbonyl (C=O) groups excluding carboxylic acids is 1. The van der Waals surface area contributed by atoms with Crippen LogP contribution in [0.2, 0.25) is 0 Å². The molecule has 0 aromatic carbocycles. The second-order valence-corrected chi connectivity index (χ2v) is 7.71. The average Bonchev–Trinajstić information content (AvgIpc) is 2.73. The van der Waals surface area contributed by atoms with Crippen molar-refractivity contribution in [2.75, 3.05) is 13.1 Å². The Hall–Kier alpha value is -0.570. The first-order chi connectivity index (χ1) is 9.20. The molecule has 0 spiro atoms. The molecule has 1 saturated heterocycles. The van der Waals surface area contributed by atoms with Gasteiger partial charge >= 0.3 is 0 Å². The minimum absolute atomic E-state index is 0.348. The van der Waals surface area contributed by atoms with E-state index < -0.39 is 0 Å². The number of hydrogen-bond acceptors (Lipinski definition) is 2. The normalized spacial score (nSPS) is 51.5. The third-order valence-corrected chi connectivity index (χ3v) is 6.37. The van der Waals surface area contributed by atoms with Crippen LogP contribution < -0.4 is 10.6 Å². The zero-order valence-electron chi connectivity index (χ0n) is 11.9. The highest BCUT2D eigenvalue weighted by atomic mass is 16.2. The van der Waals surface area contributed by atoms with Crippen LogP contribution in [0.25, 0.3) is 0 Å². The van der Waals surface area contributed by atoms with Crippen molar-refractivity contribution < 1.29 is 4.79 Å². The van der Waals surface area contributed by atoms with Crippen LogP contribution in [-0.4, -0.2) is 25.0 Å². The maximum absolute atomic E-state index is 12.7. The predicted molar refractivity (Wildman–Crippen MR) is 74.5 cm³/mol. The molecule has 1 heterocycles. The van der Waals surface area contributed by atoms with Gasteiger partial charge in [-0.15, -0.1) is 0 Å². The van der Waals surface area contributed by atoms with Crippen LogP contribution in [0.4, 0.5) is 0 Å². The summed E-state index contributed by atoms with van der Waals surface area (Å²) >= 11 is 0. The molecule has 19 heavy (non-hydrogen) atoms. The van der Waals surface area contributed by atoms with Crippen molar-refractivity contribution in [2.45, 2.75) is 45.1 Å². The Morgan fingerprint density at radius 1 is 1.00 bits per heavy atom. The molecule has 2 atom stereocenters. The van der Waals surface area contributed by atoms with Crippen LogP contribution in [0.3, 0.4) is 0 Å². The van der Waals surface area contributed by atoms with E-state index in [0.29, 0.717) is 35.6 Å². The molecular formula is C16H26N2O. The number of nitrogens with one attached hydrogen (secondary N) is 2. The summed E-state index contributed by atoms with van der Waals surface area (Å²) in [5, 5.41) is 6.74. The van der Waals surface area contributed by atoms with E-state index in [0.717, 1.165) is 24.9 Å². The molecular weight excluding hydrogens is 236 g/mol. The number of amides is 1. The lowest BCUT2D eigenvalue weighted by Gasteiger charge is -2.53. The van der Waals surface area contributed by atoms with Crippen LogP contribution >= 0.6 is 0 Å². The van der Waals surface area contributed by atoms with Crippen molar-refractivity contribution in [1.82, 2.24) is 10.6 Å². The highest BCUT2D eigenvalue weighted by Gasteiger charge is 2.51. The molecule has 0 aromatic heterocycles. The van der Waals surface area contributed by atoms with Gasteiger partial charge in [-0.3, -0.25) is 4.79 Å². The van der Waals surface area contributed by atoms with Gasteiger partial charge in [-0.2, -0.15) is 0 Å². The number of carbonyl (C=O) groups is 1. The van der Waals surface area contributed by atoms with Gasteiger partial charge < -0.3 is 10.6 Å². The Bertz CT molecular complexity index is 353. The lowest BCUT2D eigenvalue weighted by Crippen LogP contribution is -2.53. The van der Waals surface area contributed by atoms with Crippen molar-refractivity contribution in [2.24, 2.45) is 35.5 Å². The Morgan fingerprint density at radius 2 is 1.63 bits per heavy atom. The van der Waals surface area contributed by atoms with Crippen LogP contribution in [0.1, 0.15) is 39.0 Å². The molecule has 0 radical (unpaired) electrons. The first-order valence-corrected chi connectivity index (χ1v) is 8.21. The molecule has 5 fully saturated rings. The quantitative estimate of drug-likeness (QED) is 0.796. The molecule has 3 heteroatoms. The molecule has 5 aliphatic rings. The van der Waals surface area contributed by atoms with E-state index in [2.05, 4.69) is 17.6 Å². The fourth-order valence-corrected chi connectivity index (χ4v) is 5.64. The first kappa shape index (κ1) is 12.2. The molecule has 5 rings (SSSR count). The van der Waals surface area contributed by atoms with Crippen LogP contribution in [0, 0.1) is 35.5 Å². The maximum atomic E-state index is 12.7. The fourth-order valence-electron chi connectivity index (χ4n) is 5.64. The highest BCUT2D eigenvalue weighted by molar-refractivity contribution is 5.80. The van der Waals surface area contributed by atoms with E-state index in [9.17, 15) is 4.79 Å². The third kappa shape index (κ3) is 2.01.